The molecule has 2 unspecified atom stereocenters. The molecular formula is C58H76N4O23S5. The number of carbonyl (C=O) groups excluding carboxylic acids is 3. The fourth-order valence-corrected chi connectivity index (χ4v) is 14.2. The summed E-state index contributed by atoms with van der Waals surface area (Å²) in [6.45, 7) is 5.86. The fourth-order valence-electron chi connectivity index (χ4n) is 11.0. The number of hydrogen-bond donors (Lipinski definition) is 7. The molecule has 0 radical (unpaired) electrons. The van der Waals surface area contributed by atoms with Crippen LogP contribution in [0.15, 0.2) is 116 Å². The smallest absolute Gasteiger partial charge is 0.295 e. The predicted molar refractivity (Wildman–Crippen MR) is 332 cm³/mol. The predicted octanol–water partition coefficient (Wildman–Crippen LogP) is 5.82. The number of benzene rings is 4. The van der Waals surface area contributed by atoms with Gasteiger partial charge in [-0.2, -0.15) is 42.1 Å². The van der Waals surface area contributed by atoms with E-state index in [4.69, 9.17) is 23.7 Å². The lowest BCUT2D eigenvalue weighted by atomic mass is 9.73. The third-order valence-corrected chi connectivity index (χ3v) is 19.5. The molecule has 0 fully saturated rings. The Labute approximate surface area is 524 Å². The number of unbranched alkanes of at least 4 members (excludes halogenated alkanes) is 2. The number of methoxy groups -OCH3 is 2. The van der Waals surface area contributed by atoms with Crippen molar-refractivity contribution in [2.75, 3.05) is 109 Å². The summed E-state index contributed by atoms with van der Waals surface area (Å²) in [4.78, 5) is 36.5. The van der Waals surface area contributed by atoms with E-state index in [1.54, 1.807) is 50.5 Å². The number of nitrogens with one attached hydrogen (secondary N) is 2. The second kappa shape index (κ2) is 31.5. The van der Waals surface area contributed by atoms with Crippen LogP contribution in [0.25, 0.3) is 21.5 Å². The third kappa shape index (κ3) is 19.5. The molecule has 2 aliphatic rings. The molecule has 2 atom stereocenters. The highest BCUT2D eigenvalue weighted by molar-refractivity contribution is 7.87. The molecule has 2 aliphatic heterocycles. The summed E-state index contributed by atoms with van der Waals surface area (Å²) in [7, 11) is -22.0. The maximum Gasteiger partial charge on any atom is 0.295 e. The number of carbonyl (C=O) groups is 3. The van der Waals surface area contributed by atoms with Gasteiger partial charge in [0.05, 0.1) is 61.8 Å². The fraction of sp³-hybridized carbons (Fsp3) is 0.466. The first-order valence-electron chi connectivity index (χ1n) is 28.4. The minimum absolute atomic E-state index is 0.0112. The number of rotatable bonds is 38. The maximum atomic E-state index is 13.0. The Bertz CT molecular complexity index is 3990. The first-order valence-corrected chi connectivity index (χ1v) is 35.8. The molecule has 0 bridgehead atoms. The van der Waals surface area contributed by atoms with Gasteiger partial charge in [0, 0.05) is 98.8 Å². The molecule has 0 aliphatic carbocycles. The van der Waals surface area contributed by atoms with Crippen molar-refractivity contribution >= 4 is 101 Å². The van der Waals surface area contributed by atoms with Crippen molar-refractivity contribution in [3.63, 3.8) is 0 Å². The van der Waals surface area contributed by atoms with Crippen molar-refractivity contribution in [2.45, 2.75) is 95.6 Å². The molecule has 0 saturated carbocycles. The molecule has 0 aromatic heterocycles. The van der Waals surface area contributed by atoms with Crippen molar-refractivity contribution in [3.8, 4) is 0 Å². The zero-order chi connectivity index (χ0) is 66.3. The third-order valence-electron chi connectivity index (χ3n) is 15.3. The van der Waals surface area contributed by atoms with Crippen LogP contribution < -0.4 is 15.5 Å². The lowest BCUT2D eigenvalue weighted by Gasteiger charge is -2.33. The lowest BCUT2D eigenvalue weighted by molar-refractivity contribution is -0.137. The Morgan fingerprint density at radius 2 is 1.18 bits per heavy atom. The molecule has 4 aromatic carbocycles. The van der Waals surface area contributed by atoms with Gasteiger partial charge in [0.2, 0.25) is 5.91 Å². The topological polar surface area (TPSA) is 400 Å². The summed E-state index contributed by atoms with van der Waals surface area (Å²) in [5.41, 5.74) is -0.420. The largest absolute Gasteiger partial charge is 0.383 e. The highest BCUT2D eigenvalue weighted by atomic mass is 32.2. The van der Waals surface area contributed by atoms with E-state index in [1.807, 2.05) is 11.8 Å². The van der Waals surface area contributed by atoms with E-state index in [0.29, 0.717) is 73.9 Å². The van der Waals surface area contributed by atoms with Gasteiger partial charge in [0.1, 0.15) is 9.79 Å². The quantitative estimate of drug-likeness (QED) is 0.0120. The van der Waals surface area contributed by atoms with E-state index in [-0.39, 0.29) is 124 Å². The highest BCUT2D eigenvalue weighted by Crippen LogP contribution is 2.54. The van der Waals surface area contributed by atoms with Gasteiger partial charge in [0.25, 0.3) is 62.4 Å². The van der Waals surface area contributed by atoms with E-state index < -0.39 is 98.6 Å². The summed E-state index contributed by atoms with van der Waals surface area (Å²) in [6, 6.07) is 9.28. The molecule has 3 amide bonds. The molecule has 7 N–H and O–H groups in total. The Morgan fingerprint density at radius 1 is 0.611 bits per heavy atom. The Kier molecular flexibility index (Phi) is 25.5. The second-order valence-corrected chi connectivity index (χ2v) is 28.9. The SMILES string of the molecule is COCCNc1ccc2c(S(=O)(=O)O)cc(S(=O)(=O)O)cc2c1C(C)(C/C=C/C=C/C=C1/N(CCCCCC(=O)NCCN2C(=O)C=CC2=O)c2ccc3c(S(=O)(=O)O)cc(S(=O)(=O)O)cc3c2C1(C)CCOCCOCCOCCOC)CCCS(=O)(=O)O. The van der Waals surface area contributed by atoms with Crippen molar-refractivity contribution in [3.05, 3.63) is 108 Å². The molecular weight excluding hydrogens is 1280 g/mol. The van der Waals surface area contributed by atoms with Crippen LogP contribution in [0.3, 0.4) is 0 Å². The van der Waals surface area contributed by atoms with Gasteiger partial charge < -0.3 is 39.2 Å². The number of nitrogens with zero attached hydrogens (tertiary/aromatic N) is 2. The van der Waals surface area contributed by atoms with Crippen LogP contribution in [-0.4, -0.2) is 186 Å². The van der Waals surface area contributed by atoms with E-state index in [9.17, 15) is 79.2 Å². The molecule has 0 spiro atoms. The summed E-state index contributed by atoms with van der Waals surface area (Å²) in [5.74, 6) is -1.98. The second-order valence-electron chi connectivity index (χ2n) is 21.7. The van der Waals surface area contributed by atoms with Gasteiger partial charge in [-0.15, -0.1) is 0 Å². The van der Waals surface area contributed by atoms with Crippen LogP contribution in [0.5, 0.6) is 0 Å². The van der Waals surface area contributed by atoms with Crippen LogP contribution in [0.1, 0.15) is 76.3 Å². The van der Waals surface area contributed by atoms with Gasteiger partial charge in [-0.25, -0.2) is 0 Å². The highest BCUT2D eigenvalue weighted by Gasteiger charge is 2.45. The molecule has 4 aromatic rings. The molecule has 496 valence electrons. The lowest BCUT2D eigenvalue weighted by Crippen LogP contribution is -2.38. The van der Waals surface area contributed by atoms with Gasteiger partial charge in [-0.1, -0.05) is 49.8 Å². The maximum absolute atomic E-state index is 13.0. The monoisotopic (exact) mass is 1360 g/mol. The average Bonchev–Trinajstić information content (AvgIpc) is 1.47. The minimum atomic E-state index is -5.15. The van der Waals surface area contributed by atoms with Crippen molar-refractivity contribution in [1.82, 2.24) is 10.2 Å². The van der Waals surface area contributed by atoms with E-state index >= 15 is 0 Å². The Balaban J connectivity index is 1.43. The van der Waals surface area contributed by atoms with Crippen molar-refractivity contribution in [2.24, 2.45) is 0 Å². The summed E-state index contributed by atoms with van der Waals surface area (Å²) >= 11 is 0. The molecule has 2 heterocycles. The number of imide groups is 1. The van der Waals surface area contributed by atoms with Crippen LogP contribution in [-0.2, 0) is 99.5 Å². The van der Waals surface area contributed by atoms with Crippen LogP contribution in [0.4, 0.5) is 11.4 Å². The standard InChI is InChI=1S/C58H76N4O23S5/c1-57(22-12-36-86(66,67)68,55-45-37-41(87(69,70)71)39-49(89(75,76)77)43(45)15-17-47(55)59-25-29-81-3)21-10-6-5-8-13-51-58(2,23-28-83-32-33-85-35-34-84-31-30-82-4)56-46-38-42(88(72,73)74)40-50(90(78,79)80)44(46)16-18-48(56)61(51)26-11-7-9-14-52(63)60-24-27-62-53(64)19-20-54(62)65/h5-6,8,10,13,15-20,37-40,59H,7,9,11-12,14,21-36H2,1-4H3,(H,60,63)(H,66,67,68)(H,69,70,71)(H,72,73,74)(H,75,76,77)(H,78,79,80)/b8-5+,10-6+,51-13+. The van der Waals surface area contributed by atoms with Gasteiger partial charge in [-0.3, -0.25) is 42.0 Å². The zero-order valence-electron chi connectivity index (χ0n) is 50.0. The number of fused-ring (bicyclic) bond motifs is 4. The molecule has 0 saturated heterocycles. The van der Waals surface area contributed by atoms with E-state index in [0.717, 1.165) is 29.2 Å². The Morgan fingerprint density at radius 3 is 1.76 bits per heavy atom. The van der Waals surface area contributed by atoms with E-state index in [2.05, 4.69) is 10.6 Å². The number of ether oxygens (including phenoxy) is 5. The normalized spacial score (nSPS) is 17.1. The number of amides is 3. The van der Waals surface area contributed by atoms with Crippen molar-refractivity contribution < 1.29 is 103 Å². The number of hydrogen-bond acceptors (Lipinski definition) is 20. The molecule has 90 heavy (non-hydrogen) atoms. The molecule has 6 rings (SSSR count). The summed E-state index contributed by atoms with van der Waals surface area (Å²) in [5, 5.41) is 5.72. The summed E-state index contributed by atoms with van der Waals surface area (Å²) in [6.07, 6.45) is 12.1. The molecule has 32 heteroatoms. The Hall–Kier alpha value is -6.08. The van der Waals surface area contributed by atoms with Crippen molar-refractivity contribution in [1.29, 1.82) is 0 Å². The van der Waals surface area contributed by atoms with Gasteiger partial charge >= 0.3 is 0 Å². The summed E-state index contributed by atoms with van der Waals surface area (Å²) < 4.78 is 206. The minimum Gasteiger partial charge on any atom is -0.383 e. The molecule has 27 nitrogen and oxygen atoms in total. The first kappa shape index (κ1) is 73.0. The van der Waals surface area contributed by atoms with Crippen LogP contribution in [0.2, 0.25) is 0 Å². The van der Waals surface area contributed by atoms with E-state index in [1.165, 1.54) is 25.3 Å². The zero-order valence-corrected chi connectivity index (χ0v) is 54.1. The van der Waals surface area contributed by atoms with Gasteiger partial charge in [-0.05, 0) is 115 Å². The van der Waals surface area contributed by atoms with Gasteiger partial charge in [0.15, 0.2) is 0 Å². The first-order chi connectivity index (χ1) is 42.2. The number of allylic oxidation sites excluding steroid dienone is 6. The van der Waals surface area contributed by atoms with Crippen LogP contribution in [0, 0.1) is 0 Å². The van der Waals surface area contributed by atoms with Crippen LogP contribution >= 0.6 is 0 Å². The average molecular weight is 1360 g/mol. The number of anilines is 2.